The molecular weight excluding hydrogens is 504 g/mol. The van der Waals surface area contributed by atoms with Gasteiger partial charge in [0, 0.05) is 22.5 Å². The van der Waals surface area contributed by atoms with Gasteiger partial charge in [0.05, 0.1) is 11.5 Å². The Kier molecular flexibility index (Phi) is 9.02. The third kappa shape index (κ3) is 6.73. The van der Waals surface area contributed by atoms with Crippen molar-refractivity contribution in [3.05, 3.63) is 81.6 Å². The van der Waals surface area contributed by atoms with Gasteiger partial charge in [-0.15, -0.1) is 28.5 Å². The molecule has 0 unspecified atom stereocenters. The summed E-state index contributed by atoms with van der Waals surface area (Å²) in [6, 6.07) is 12.6. The van der Waals surface area contributed by atoms with Crippen LogP contribution in [0.5, 0.6) is 0 Å². The predicted octanol–water partition coefficient (Wildman–Crippen LogP) is 6.32. The lowest BCUT2D eigenvalue weighted by Crippen LogP contribution is -2.16. The van der Waals surface area contributed by atoms with Crippen LogP contribution in [0.1, 0.15) is 28.1 Å². The van der Waals surface area contributed by atoms with Crippen molar-refractivity contribution in [2.45, 2.75) is 44.0 Å². The Balaban J connectivity index is 1.59. The van der Waals surface area contributed by atoms with Crippen LogP contribution in [0.25, 0.3) is 0 Å². The number of allylic oxidation sites excluding steroid dienone is 1. The summed E-state index contributed by atoms with van der Waals surface area (Å²) in [6.45, 7) is 10.5. The van der Waals surface area contributed by atoms with E-state index in [2.05, 4.69) is 69.2 Å². The van der Waals surface area contributed by atoms with Crippen molar-refractivity contribution in [1.82, 2.24) is 14.8 Å². The largest absolute Gasteiger partial charge is 0.325 e. The Morgan fingerprint density at radius 2 is 1.81 bits per heavy atom. The summed E-state index contributed by atoms with van der Waals surface area (Å²) >= 11 is 6.68. The number of benzene rings is 2. The van der Waals surface area contributed by atoms with Crippen LogP contribution in [-0.2, 0) is 22.8 Å². The molecule has 168 valence electrons. The summed E-state index contributed by atoms with van der Waals surface area (Å²) in [7, 11) is 0. The van der Waals surface area contributed by atoms with Crippen LogP contribution in [0.2, 0.25) is 0 Å². The maximum atomic E-state index is 12.6. The van der Waals surface area contributed by atoms with Crippen LogP contribution in [0.15, 0.2) is 58.7 Å². The van der Waals surface area contributed by atoms with Crippen LogP contribution in [0.3, 0.4) is 0 Å². The maximum Gasteiger partial charge on any atom is 0.234 e. The minimum atomic E-state index is -0.0630. The Labute approximate surface area is 206 Å². The zero-order valence-corrected chi connectivity index (χ0v) is 21.7. The standard InChI is InChI=1S/C24H27BrN4OS2/c1-5-10-29-21(14-31-13-19-8-6-16(2)7-9-19)27-28-24(29)32-15-22(30)26-23-17(3)11-20(25)12-18(23)4/h5-9,11-12H,1,10,13-15H2,2-4H3,(H,26,30). The lowest BCUT2D eigenvalue weighted by atomic mass is 10.1. The molecule has 0 atom stereocenters. The van der Waals surface area contributed by atoms with Gasteiger partial charge in [0.25, 0.3) is 0 Å². The molecule has 1 heterocycles. The highest BCUT2D eigenvalue weighted by Crippen LogP contribution is 2.26. The van der Waals surface area contributed by atoms with E-state index < -0.39 is 0 Å². The normalized spacial score (nSPS) is 10.9. The first-order valence-electron chi connectivity index (χ1n) is 10.2. The first-order chi connectivity index (χ1) is 15.4. The highest BCUT2D eigenvalue weighted by atomic mass is 79.9. The third-order valence-corrected chi connectivity index (χ3v) is 7.24. The number of anilines is 1. The van der Waals surface area contributed by atoms with Crippen LogP contribution >= 0.6 is 39.5 Å². The average Bonchev–Trinajstić information content (AvgIpc) is 3.12. The summed E-state index contributed by atoms with van der Waals surface area (Å²) < 4.78 is 3.04. The van der Waals surface area contributed by atoms with E-state index in [0.29, 0.717) is 6.54 Å². The van der Waals surface area contributed by atoms with Crippen LogP contribution in [0, 0.1) is 20.8 Å². The van der Waals surface area contributed by atoms with Crippen LogP contribution in [-0.4, -0.2) is 26.4 Å². The topological polar surface area (TPSA) is 59.8 Å². The number of amides is 1. The SMILES string of the molecule is C=CCn1c(CSCc2ccc(C)cc2)nnc1SCC(=O)Nc1c(C)cc(Br)cc1C. The molecule has 0 radical (unpaired) electrons. The van der Waals surface area contributed by atoms with E-state index in [1.807, 2.05) is 36.6 Å². The lowest BCUT2D eigenvalue weighted by Gasteiger charge is -2.12. The number of carbonyl (C=O) groups is 1. The van der Waals surface area contributed by atoms with E-state index in [9.17, 15) is 4.79 Å². The van der Waals surface area contributed by atoms with Crippen LogP contribution < -0.4 is 5.32 Å². The van der Waals surface area contributed by atoms with Gasteiger partial charge in [-0.25, -0.2) is 0 Å². The zero-order valence-electron chi connectivity index (χ0n) is 18.5. The van der Waals surface area contributed by atoms with Crippen molar-refractivity contribution in [1.29, 1.82) is 0 Å². The summed E-state index contributed by atoms with van der Waals surface area (Å²) in [5.41, 5.74) is 5.47. The molecule has 0 aliphatic carbocycles. The zero-order chi connectivity index (χ0) is 23.1. The number of aromatic nitrogens is 3. The van der Waals surface area contributed by atoms with Gasteiger partial charge in [-0.1, -0.05) is 63.6 Å². The van der Waals surface area contributed by atoms with Crippen molar-refractivity contribution in [3.8, 4) is 0 Å². The second kappa shape index (κ2) is 11.7. The molecule has 0 bridgehead atoms. The van der Waals surface area contributed by atoms with Gasteiger partial charge >= 0.3 is 0 Å². The van der Waals surface area contributed by atoms with Gasteiger partial charge in [-0.05, 0) is 49.6 Å². The second-order valence-electron chi connectivity index (χ2n) is 7.53. The number of nitrogens with zero attached hydrogens (tertiary/aromatic N) is 3. The fraction of sp³-hybridized carbons (Fsp3) is 0.292. The molecule has 1 aromatic heterocycles. The molecule has 8 heteroatoms. The second-order valence-corrected chi connectivity index (χ2v) is 10.4. The van der Waals surface area contributed by atoms with Gasteiger partial charge in [-0.2, -0.15) is 0 Å². The first kappa shape index (κ1) is 24.6. The number of aryl methyl sites for hydroxylation is 3. The molecule has 1 N–H and O–H groups in total. The lowest BCUT2D eigenvalue weighted by molar-refractivity contribution is -0.113. The number of rotatable bonds is 10. The molecular formula is C24H27BrN4OS2. The molecule has 5 nitrogen and oxygen atoms in total. The van der Waals surface area contributed by atoms with Gasteiger partial charge in [-0.3, -0.25) is 4.79 Å². The third-order valence-electron chi connectivity index (χ3n) is 4.82. The van der Waals surface area contributed by atoms with E-state index in [0.717, 1.165) is 43.8 Å². The summed E-state index contributed by atoms with van der Waals surface area (Å²) in [5, 5.41) is 12.5. The Morgan fingerprint density at radius 3 is 2.47 bits per heavy atom. The molecule has 0 saturated heterocycles. The Hall–Kier alpha value is -2.03. The molecule has 0 spiro atoms. The van der Waals surface area contributed by atoms with E-state index in [-0.39, 0.29) is 11.7 Å². The number of carbonyl (C=O) groups excluding carboxylic acids is 1. The van der Waals surface area contributed by atoms with E-state index in [1.165, 1.54) is 22.9 Å². The number of hydrogen-bond acceptors (Lipinski definition) is 5. The number of halogens is 1. The minimum Gasteiger partial charge on any atom is -0.325 e. The number of nitrogens with one attached hydrogen (secondary N) is 1. The maximum absolute atomic E-state index is 12.6. The number of hydrogen-bond donors (Lipinski definition) is 1. The van der Waals surface area contributed by atoms with Crippen molar-refractivity contribution in [3.63, 3.8) is 0 Å². The summed E-state index contributed by atoms with van der Waals surface area (Å²) in [4.78, 5) is 12.6. The van der Waals surface area contributed by atoms with E-state index >= 15 is 0 Å². The first-order valence-corrected chi connectivity index (χ1v) is 13.2. The summed E-state index contributed by atoms with van der Waals surface area (Å²) in [5.74, 6) is 2.76. The fourth-order valence-electron chi connectivity index (χ4n) is 3.20. The monoisotopic (exact) mass is 530 g/mol. The molecule has 3 aromatic rings. The molecule has 0 saturated carbocycles. The van der Waals surface area contributed by atoms with E-state index in [4.69, 9.17) is 0 Å². The molecule has 0 fully saturated rings. The minimum absolute atomic E-state index is 0.0630. The molecule has 0 aliphatic rings. The highest BCUT2D eigenvalue weighted by molar-refractivity contribution is 9.10. The van der Waals surface area contributed by atoms with Crippen molar-refractivity contribution in [2.24, 2.45) is 0 Å². The molecule has 1 amide bonds. The Bertz CT molecular complexity index is 1070. The average molecular weight is 532 g/mol. The van der Waals surface area contributed by atoms with Crippen LogP contribution in [0.4, 0.5) is 5.69 Å². The van der Waals surface area contributed by atoms with Crippen molar-refractivity contribution in [2.75, 3.05) is 11.1 Å². The van der Waals surface area contributed by atoms with E-state index in [1.54, 1.807) is 11.8 Å². The van der Waals surface area contributed by atoms with Gasteiger partial charge in [0.1, 0.15) is 5.82 Å². The molecule has 0 aliphatic heterocycles. The smallest absolute Gasteiger partial charge is 0.234 e. The van der Waals surface area contributed by atoms with Gasteiger partial charge < -0.3 is 9.88 Å². The van der Waals surface area contributed by atoms with Gasteiger partial charge in [0.15, 0.2) is 5.16 Å². The highest BCUT2D eigenvalue weighted by Gasteiger charge is 2.15. The molecule has 3 rings (SSSR count). The molecule has 2 aromatic carbocycles. The van der Waals surface area contributed by atoms with Crippen molar-refractivity contribution < 1.29 is 4.79 Å². The molecule has 32 heavy (non-hydrogen) atoms. The van der Waals surface area contributed by atoms with Crippen molar-refractivity contribution >= 4 is 51.0 Å². The fourth-order valence-corrected chi connectivity index (χ4v) is 5.58. The summed E-state index contributed by atoms with van der Waals surface area (Å²) in [6.07, 6.45) is 1.83. The number of thioether (sulfide) groups is 2. The predicted molar refractivity (Wildman–Crippen MR) is 139 cm³/mol. The Morgan fingerprint density at radius 1 is 1.12 bits per heavy atom. The van der Waals surface area contributed by atoms with Gasteiger partial charge in [0.2, 0.25) is 5.91 Å². The quantitative estimate of drug-likeness (QED) is 0.245.